The van der Waals surface area contributed by atoms with E-state index in [1.54, 1.807) is 20.5 Å². The average molecular weight is 348 g/mol. The molecule has 0 bridgehead atoms. The molecule has 0 amide bonds. The van der Waals surface area contributed by atoms with Crippen LogP contribution in [-0.2, 0) is 0 Å². The maximum Gasteiger partial charge on any atom is 0.226 e. The summed E-state index contributed by atoms with van der Waals surface area (Å²) in [6, 6.07) is 14.0. The van der Waals surface area contributed by atoms with Crippen LogP contribution in [0, 0.1) is 6.92 Å². The molecule has 1 aliphatic rings. The number of methoxy groups -OCH3 is 2. The Morgan fingerprint density at radius 3 is 2.58 bits per heavy atom. The Kier molecular flexibility index (Phi) is 4.08. The highest BCUT2D eigenvalue weighted by molar-refractivity contribution is 5.77. The van der Waals surface area contributed by atoms with Crippen molar-refractivity contribution in [3.63, 3.8) is 0 Å². The first-order chi connectivity index (χ1) is 12.7. The summed E-state index contributed by atoms with van der Waals surface area (Å²) in [6.45, 7) is 2.08. The maximum absolute atomic E-state index is 5.58. The zero-order valence-electron chi connectivity index (χ0n) is 14.9. The Hall–Kier alpha value is -3.28. The fourth-order valence-electron chi connectivity index (χ4n) is 3.13. The number of allylic oxidation sites excluding steroid dienone is 1. The van der Waals surface area contributed by atoms with Crippen LogP contribution in [0.1, 0.15) is 22.7 Å². The topological polar surface area (TPSA) is 61.2 Å². The number of benzene rings is 2. The minimum absolute atomic E-state index is 0.157. The standard InChI is InChI=1S/C20H20N4O2/c1-13-4-6-14(7-5-13)17-11-18(24-20(23-17)21-12-22-24)16-10-15(25-2)8-9-19(16)26-3/h4-12,18H,1-3H3,(H,21,22,23)/t18-/m1/s1. The number of aromatic nitrogens is 3. The van der Waals surface area contributed by atoms with Crippen LogP contribution >= 0.6 is 0 Å². The molecule has 1 aliphatic heterocycles. The second-order valence-corrected chi connectivity index (χ2v) is 6.15. The van der Waals surface area contributed by atoms with Crippen LogP contribution in [0.3, 0.4) is 0 Å². The molecule has 2 heterocycles. The Morgan fingerprint density at radius 1 is 1.04 bits per heavy atom. The highest BCUT2D eigenvalue weighted by atomic mass is 16.5. The summed E-state index contributed by atoms with van der Waals surface area (Å²) in [6.07, 6.45) is 3.68. The van der Waals surface area contributed by atoms with E-state index in [1.165, 1.54) is 5.56 Å². The first kappa shape index (κ1) is 16.2. The molecule has 0 aliphatic carbocycles. The summed E-state index contributed by atoms with van der Waals surface area (Å²) in [5.74, 6) is 2.24. The van der Waals surface area contributed by atoms with Gasteiger partial charge < -0.3 is 14.8 Å². The molecule has 2 aromatic carbocycles. The molecule has 132 valence electrons. The Labute approximate surface area is 152 Å². The molecule has 3 aromatic rings. The molecule has 1 atom stereocenters. The van der Waals surface area contributed by atoms with Gasteiger partial charge >= 0.3 is 0 Å². The van der Waals surface area contributed by atoms with Crippen LogP contribution in [0.5, 0.6) is 11.5 Å². The van der Waals surface area contributed by atoms with E-state index >= 15 is 0 Å². The molecule has 0 radical (unpaired) electrons. The van der Waals surface area contributed by atoms with E-state index in [2.05, 4.69) is 52.7 Å². The number of hydrogen-bond donors (Lipinski definition) is 1. The van der Waals surface area contributed by atoms with Gasteiger partial charge in [-0.25, -0.2) is 4.68 Å². The number of ether oxygens (including phenoxy) is 2. The fourth-order valence-corrected chi connectivity index (χ4v) is 3.13. The molecule has 26 heavy (non-hydrogen) atoms. The largest absolute Gasteiger partial charge is 0.497 e. The zero-order chi connectivity index (χ0) is 18.1. The lowest BCUT2D eigenvalue weighted by atomic mass is 10.00. The van der Waals surface area contributed by atoms with Gasteiger partial charge in [-0.1, -0.05) is 29.8 Å². The van der Waals surface area contributed by atoms with Crippen molar-refractivity contribution in [1.29, 1.82) is 0 Å². The highest BCUT2D eigenvalue weighted by Gasteiger charge is 2.26. The zero-order valence-corrected chi connectivity index (χ0v) is 14.9. The smallest absolute Gasteiger partial charge is 0.226 e. The Bertz CT molecular complexity index is 960. The van der Waals surface area contributed by atoms with Crippen LogP contribution in [-0.4, -0.2) is 29.0 Å². The highest BCUT2D eigenvalue weighted by Crippen LogP contribution is 2.37. The van der Waals surface area contributed by atoms with Gasteiger partial charge in [-0.3, -0.25) is 0 Å². The SMILES string of the molecule is COc1ccc(OC)c([C@H]2C=C(c3ccc(C)cc3)Nc3ncnn32)c1. The third-order valence-electron chi connectivity index (χ3n) is 4.53. The molecule has 1 aromatic heterocycles. The normalized spacial score (nSPS) is 15.7. The van der Waals surface area contributed by atoms with Crippen LogP contribution in [0.25, 0.3) is 5.70 Å². The molecule has 6 heteroatoms. The molecule has 0 saturated heterocycles. The molecule has 0 unspecified atom stereocenters. The Morgan fingerprint density at radius 2 is 1.85 bits per heavy atom. The van der Waals surface area contributed by atoms with E-state index in [-0.39, 0.29) is 6.04 Å². The van der Waals surface area contributed by atoms with Crippen molar-refractivity contribution in [3.05, 3.63) is 71.6 Å². The first-order valence-corrected chi connectivity index (χ1v) is 8.37. The van der Waals surface area contributed by atoms with Crippen molar-refractivity contribution >= 4 is 11.6 Å². The van der Waals surface area contributed by atoms with Crippen molar-refractivity contribution in [3.8, 4) is 11.5 Å². The lowest BCUT2D eigenvalue weighted by Crippen LogP contribution is -2.20. The number of nitrogens with one attached hydrogen (secondary N) is 1. The molecule has 0 spiro atoms. The van der Waals surface area contributed by atoms with Gasteiger partial charge in [0.2, 0.25) is 5.95 Å². The minimum atomic E-state index is -0.157. The maximum atomic E-state index is 5.58. The molecule has 6 nitrogen and oxygen atoms in total. The van der Waals surface area contributed by atoms with Crippen LogP contribution < -0.4 is 14.8 Å². The second-order valence-electron chi connectivity index (χ2n) is 6.15. The van der Waals surface area contributed by atoms with Gasteiger partial charge in [0.05, 0.1) is 14.2 Å². The van der Waals surface area contributed by atoms with E-state index in [4.69, 9.17) is 9.47 Å². The minimum Gasteiger partial charge on any atom is -0.497 e. The summed E-state index contributed by atoms with van der Waals surface area (Å²) < 4.78 is 12.8. The van der Waals surface area contributed by atoms with Gasteiger partial charge in [0.25, 0.3) is 0 Å². The number of aryl methyl sites for hydroxylation is 1. The molecular formula is C20H20N4O2. The van der Waals surface area contributed by atoms with E-state index in [1.807, 2.05) is 22.9 Å². The Balaban J connectivity index is 1.85. The summed E-state index contributed by atoms with van der Waals surface area (Å²) in [5, 5.41) is 7.75. The van der Waals surface area contributed by atoms with E-state index in [0.29, 0.717) is 5.95 Å². The summed E-state index contributed by atoms with van der Waals surface area (Å²) in [7, 11) is 3.32. The second kappa shape index (κ2) is 6.55. The number of fused-ring (bicyclic) bond motifs is 1. The van der Waals surface area contributed by atoms with Crippen LogP contribution in [0.2, 0.25) is 0 Å². The number of nitrogens with zero attached hydrogens (tertiary/aromatic N) is 3. The molecule has 4 rings (SSSR count). The van der Waals surface area contributed by atoms with Gasteiger partial charge in [0.15, 0.2) is 0 Å². The van der Waals surface area contributed by atoms with Crippen LogP contribution in [0.15, 0.2) is 54.9 Å². The fraction of sp³-hybridized carbons (Fsp3) is 0.200. The van der Waals surface area contributed by atoms with Crippen molar-refractivity contribution in [2.24, 2.45) is 0 Å². The van der Waals surface area contributed by atoms with Gasteiger partial charge in [0.1, 0.15) is 23.9 Å². The van der Waals surface area contributed by atoms with Crippen molar-refractivity contribution in [1.82, 2.24) is 14.8 Å². The third kappa shape index (κ3) is 2.79. The van der Waals surface area contributed by atoms with Gasteiger partial charge in [-0.05, 0) is 36.8 Å². The van der Waals surface area contributed by atoms with Gasteiger partial charge in [0, 0.05) is 11.3 Å². The summed E-state index contributed by atoms with van der Waals surface area (Å²) in [4.78, 5) is 4.35. The molecule has 0 fully saturated rings. The molecular weight excluding hydrogens is 328 g/mol. The van der Waals surface area contributed by atoms with Gasteiger partial charge in [-0.15, -0.1) is 0 Å². The molecule has 0 saturated carbocycles. The van der Waals surface area contributed by atoms with Crippen molar-refractivity contribution in [2.75, 3.05) is 19.5 Å². The van der Waals surface area contributed by atoms with E-state index in [9.17, 15) is 0 Å². The van der Waals surface area contributed by atoms with Gasteiger partial charge in [-0.2, -0.15) is 10.1 Å². The van der Waals surface area contributed by atoms with E-state index in [0.717, 1.165) is 28.3 Å². The summed E-state index contributed by atoms with van der Waals surface area (Å²) >= 11 is 0. The quantitative estimate of drug-likeness (QED) is 0.780. The lowest BCUT2D eigenvalue weighted by molar-refractivity contribution is 0.394. The lowest BCUT2D eigenvalue weighted by Gasteiger charge is -2.25. The van der Waals surface area contributed by atoms with Crippen molar-refractivity contribution in [2.45, 2.75) is 13.0 Å². The first-order valence-electron chi connectivity index (χ1n) is 8.37. The molecule has 1 N–H and O–H groups in total. The predicted molar refractivity (Wildman–Crippen MR) is 100 cm³/mol. The van der Waals surface area contributed by atoms with Crippen molar-refractivity contribution < 1.29 is 9.47 Å². The monoisotopic (exact) mass is 348 g/mol. The van der Waals surface area contributed by atoms with E-state index < -0.39 is 0 Å². The summed E-state index contributed by atoms with van der Waals surface area (Å²) in [5.41, 5.74) is 4.26. The number of hydrogen-bond acceptors (Lipinski definition) is 5. The average Bonchev–Trinajstić information content (AvgIpc) is 3.16. The predicted octanol–water partition coefficient (Wildman–Crippen LogP) is 3.66. The van der Waals surface area contributed by atoms with Crippen LogP contribution in [0.4, 0.5) is 5.95 Å². The number of anilines is 1. The third-order valence-corrected chi connectivity index (χ3v) is 4.53. The number of rotatable bonds is 4.